The zero-order valence-corrected chi connectivity index (χ0v) is 9.44. The molecule has 96 valence electrons. The maximum Gasteiger partial charge on any atom is 0.416 e. The monoisotopic (exact) mass is 249 g/mol. The highest BCUT2D eigenvalue weighted by Gasteiger charge is 2.30. The lowest BCUT2D eigenvalue weighted by Crippen LogP contribution is -2.40. The number of hydrogen-bond donors (Lipinski definition) is 2. The molecule has 1 aromatic rings. The molecular formula is C11H14F3NO2. The lowest BCUT2D eigenvalue weighted by atomic mass is 10.2. The summed E-state index contributed by atoms with van der Waals surface area (Å²) in [7, 11) is 0. The smallest absolute Gasteiger partial charge is 0.374 e. The van der Waals surface area contributed by atoms with Gasteiger partial charge in [0.1, 0.15) is 12.5 Å². The minimum absolute atomic E-state index is 0.322. The molecule has 3 nitrogen and oxygen atoms in total. The predicted molar refractivity (Wildman–Crippen MR) is 57.3 cm³/mol. The molecule has 0 heterocycles. The van der Waals surface area contributed by atoms with Crippen LogP contribution >= 0.6 is 0 Å². The molecule has 2 atom stereocenters. The first-order chi connectivity index (χ1) is 7.73. The lowest BCUT2D eigenvalue weighted by Gasteiger charge is -2.30. The standard InChI is InChI=1S/C11H14F3NO2/c1-7(16)15(8(2)17)10-5-3-9(4-6-10)11(12,13)14/h3-8,16-17H,1-2H3. The summed E-state index contributed by atoms with van der Waals surface area (Å²) < 4.78 is 37.0. The third kappa shape index (κ3) is 3.34. The second-order valence-corrected chi connectivity index (χ2v) is 3.72. The fraction of sp³-hybridized carbons (Fsp3) is 0.455. The van der Waals surface area contributed by atoms with Crippen LogP contribution in [0.5, 0.6) is 0 Å². The molecule has 0 aliphatic heterocycles. The molecule has 0 aliphatic rings. The van der Waals surface area contributed by atoms with Gasteiger partial charge in [0, 0.05) is 5.69 Å². The number of aliphatic hydroxyl groups excluding tert-OH is 2. The second kappa shape index (κ2) is 4.93. The van der Waals surface area contributed by atoms with Gasteiger partial charge in [-0.05, 0) is 38.1 Å². The Kier molecular flexibility index (Phi) is 4.00. The molecule has 0 aromatic heterocycles. The number of anilines is 1. The summed E-state index contributed by atoms with van der Waals surface area (Å²) in [6.07, 6.45) is -6.38. The predicted octanol–water partition coefficient (Wildman–Crippen LogP) is 2.19. The summed E-state index contributed by atoms with van der Waals surface area (Å²) in [5.74, 6) is 0. The fourth-order valence-corrected chi connectivity index (χ4v) is 1.57. The summed E-state index contributed by atoms with van der Waals surface area (Å²) in [6, 6.07) is 4.24. The molecule has 2 N–H and O–H groups in total. The molecular weight excluding hydrogens is 235 g/mol. The number of aliphatic hydroxyl groups is 2. The highest BCUT2D eigenvalue weighted by atomic mass is 19.4. The van der Waals surface area contributed by atoms with Crippen LogP contribution in [-0.4, -0.2) is 22.7 Å². The highest BCUT2D eigenvalue weighted by Crippen LogP contribution is 2.31. The van der Waals surface area contributed by atoms with Crippen LogP contribution in [0.3, 0.4) is 0 Å². The molecule has 1 rings (SSSR count). The van der Waals surface area contributed by atoms with Crippen LogP contribution in [0.15, 0.2) is 24.3 Å². The van der Waals surface area contributed by atoms with Crippen LogP contribution in [0.25, 0.3) is 0 Å². The van der Waals surface area contributed by atoms with Gasteiger partial charge in [-0.1, -0.05) is 0 Å². The van der Waals surface area contributed by atoms with E-state index in [1.807, 2.05) is 0 Å². The number of alkyl halides is 3. The van der Waals surface area contributed by atoms with Gasteiger partial charge >= 0.3 is 6.18 Å². The molecule has 1 aromatic carbocycles. The Balaban J connectivity index is 3.01. The first-order valence-corrected chi connectivity index (χ1v) is 5.05. The van der Waals surface area contributed by atoms with Crippen molar-refractivity contribution < 1.29 is 23.4 Å². The number of nitrogens with zero attached hydrogens (tertiary/aromatic N) is 1. The molecule has 0 saturated carbocycles. The molecule has 6 heteroatoms. The minimum atomic E-state index is -4.39. The van der Waals surface area contributed by atoms with Gasteiger partial charge < -0.3 is 15.1 Å². The van der Waals surface area contributed by atoms with Crippen molar-refractivity contribution in [2.24, 2.45) is 0 Å². The van der Waals surface area contributed by atoms with Crippen molar-refractivity contribution in [2.75, 3.05) is 4.90 Å². The van der Waals surface area contributed by atoms with Crippen molar-refractivity contribution in [3.63, 3.8) is 0 Å². The zero-order chi connectivity index (χ0) is 13.2. The number of halogens is 3. The van der Waals surface area contributed by atoms with Crippen molar-refractivity contribution in [2.45, 2.75) is 32.5 Å². The molecule has 0 saturated heterocycles. The SMILES string of the molecule is CC(O)N(c1ccc(C(F)(F)F)cc1)C(C)O. The van der Waals surface area contributed by atoms with Gasteiger partial charge in [-0.3, -0.25) is 0 Å². The van der Waals surface area contributed by atoms with Crippen molar-refractivity contribution in [3.8, 4) is 0 Å². The lowest BCUT2D eigenvalue weighted by molar-refractivity contribution is -0.137. The third-order valence-corrected chi connectivity index (χ3v) is 2.30. The van der Waals surface area contributed by atoms with Crippen LogP contribution in [0, 0.1) is 0 Å². The Bertz CT molecular complexity index is 352. The van der Waals surface area contributed by atoms with E-state index in [0.717, 1.165) is 12.1 Å². The van der Waals surface area contributed by atoms with Gasteiger partial charge in [0.05, 0.1) is 5.56 Å². The molecule has 0 bridgehead atoms. The van der Waals surface area contributed by atoms with Crippen LogP contribution in [0.2, 0.25) is 0 Å². The molecule has 0 radical (unpaired) electrons. The van der Waals surface area contributed by atoms with Crippen molar-refractivity contribution in [1.82, 2.24) is 0 Å². The average Bonchev–Trinajstić information content (AvgIpc) is 2.15. The normalized spacial score (nSPS) is 15.5. The third-order valence-electron chi connectivity index (χ3n) is 2.30. The average molecular weight is 249 g/mol. The van der Waals surface area contributed by atoms with Gasteiger partial charge in [-0.15, -0.1) is 0 Å². The van der Waals surface area contributed by atoms with E-state index in [4.69, 9.17) is 0 Å². The quantitative estimate of drug-likeness (QED) is 0.807. The van der Waals surface area contributed by atoms with Crippen molar-refractivity contribution >= 4 is 5.69 Å². The first-order valence-electron chi connectivity index (χ1n) is 5.05. The van der Waals surface area contributed by atoms with Crippen LogP contribution in [0.4, 0.5) is 18.9 Å². The summed E-state index contributed by atoms with van der Waals surface area (Å²) >= 11 is 0. The molecule has 0 aliphatic carbocycles. The summed E-state index contributed by atoms with van der Waals surface area (Å²) in [5, 5.41) is 18.8. The van der Waals surface area contributed by atoms with Crippen LogP contribution in [0.1, 0.15) is 19.4 Å². The maximum absolute atomic E-state index is 12.3. The van der Waals surface area contributed by atoms with Gasteiger partial charge in [-0.2, -0.15) is 13.2 Å². The molecule has 0 amide bonds. The van der Waals surface area contributed by atoms with E-state index in [0.29, 0.717) is 5.69 Å². The fourth-order valence-electron chi connectivity index (χ4n) is 1.57. The topological polar surface area (TPSA) is 43.7 Å². The van der Waals surface area contributed by atoms with Gasteiger partial charge in [0.25, 0.3) is 0 Å². The number of hydrogen-bond acceptors (Lipinski definition) is 3. The van der Waals surface area contributed by atoms with E-state index in [1.165, 1.54) is 30.9 Å². The van der Waals surface area contributed by atoms with E-state index < -0.39 is 24.2 Å². The zero-order valence-electron chi connectivity index (χ0n) is 9.44. The van der Waals surface area contributed by atoms with Crippen molar-refractivity contribution in [1.29, 1.82) is 0 Å². The summed E-state index contributed by atoms with van der Waals surface area (Å²) in [5.41, 5.74) is -0.444. The number of benzene rings is 1. The number of rotatable bonds is 3. The Morgan fingerprint density at radius 1 is 1.00 bits per heavy atom. The van der Waals surface area contributed by atoms with Crippen LogP contribution in [-0.2, 0) is 6.18 Å². The molecule has 0 fully saturated rings. The Morgan fingerprint density at radius 2 is 1.41 bits per heavy atom. The Hall–Kier alpha value is -1.27. The van der Waals surface area contributed by atoms with Gasteiger partial charge in [-0.25, -0.2) is 0 Å². The molecule has 0 spiro atoms. The van der Waals surface area contributed by atoms with Crippen LogP contribution < -0.4 is 4.90 Å². The summed E-state index contributed by atoms with van der Waals surface area (Å²) in [6.45, 7) is 2.84. The van der Waals surface area contributed by atoms with Gasteiger partial charge in [0.2, 0.25) is 0 Å². The first kappa shape index (κ1) is 13.8. The van der Waals surface area contributed by atoms with E-state index in [-0.39, 0.29) is 0 Å². The largest absolute Gasteiger partial charge is 0.416 e. The molecule has 2 unspecified atom stereocenters. The molecule has 17 heavy (non-hydrogen) atoms. The van der Waals surface area contributed by atoms with E-state index in [1.54, 1.807) is 0 Å². The highest BCUT2D eigenvalue weighted by molar-refractivity contribution is 5.48. The van der Waals surface area contributed by atoms with Gasteiger partial charge in [0.15, 0.2) is 0 Å². The maximum atomic E-state index is 12.3. The Morgan fingerprint density at radius 3 is 1.71 bits per heavy atom. The minimum Gasteiger partial charge on any atom is -0.374 e. The summed E-state index contributed by atoms with van der Waals surface area (Å²) in [4.78, 5) is 1.19. The Labute approximate surface area is 97.1 Å². The second-order valence-electron chi connectivity index (χ2n) is 3.72. The van der Waals surface area contributed by atoms with E-state index in [9.17, 15) is 23.4 Å². The van der Waals surface area contributed by atoms with Crippen molar-refractivity contribution in [3.05, 3.63) is 29.8 Å². The van der Waals surface area contributed by atoms with E-state index >= 15 is 0 Å². The van der Waals surface area contributed by atoms with E-state index in [2.05, 4.69) is 0 Å².